The summed E-state index contributed by atoms with van der Waals surface area (Å²) in [5.74, 6) is -1.78. The molecule has 8 nitrogen and oxygen atoms in total. The molecule has 1 aromatic heterocycles. The minimum atomic E-state index is -1.39. The highest BCUT2D eigenvalue weighted by Crippen LogP contribution is 2.42. The summed E-state index contributed by atoms with van der Waals surface area (Å²) in [5.41, 5.74) is -0.615. The number of likely N-dealkylation sites (N-methyl/N-ethyl adjacent to an activating group) is 1. The van der Waals surface area contributed by atoms with Crippen molar-refractivity contribution in [1.29, 1.82) is 0 Å². The number of hydrogen-bond acceptors (Lipinski definition) is 6. The third-order valence-corrected chi connectivity index (χ3v) is 5.27. The van der Waals surface area contributed by atoms with Crippen LogP contribution < -0.4 is 15.1 Å². The van der Waals surface area contributed by atoms with Crippen LogP contribution in [0.3, 0.4) is 0 Å². The molecule has 0 bridgehead atoms. The highest BCUT2D eigenvalue weighted by molar-refractivity contribution is 5.97. The molecule has 27 heavy (non-hydrogen) atoms. The van der Waals surface area contributed by atoms with Gasteiger partial charge in [-0.05, 0) is 13.1 Å². The molecule has 0 unspecified atom stereocenters. The number of hydrogen-bond donors (Lipinski definition) is 2. The van der Waals surface area contributed by atoms with Gasteiger partial charge in [-0.25, -0.2) is 9.18 Å². The van der Waals surface area contributed by atoms with Gasteiger partial charge in [-0.2, -0.15) is 0 Å². The normalized spacial score (nSPS) is 20.0. The van der Waals surface area contributed by atoms with Gasteiger partial charge in [0, 0.05) is 32.4 Å². The second kappa shape index (κ2) is 6.50. The van der Waals surface area contributed by atoms with E-state index in [0.29, 0.717) is 18.6 Å². The van der Waals surface area contributed by atoms with Crippen molar-refractivity contribution in [2.75, 3.05) is 51.3 Å². The molecule has 3 heterocycles. The molecule has 0 amide bonds. The number of aromatic nitrogens is 1. The smallest absolute Gasteiger partial charge is 0.341 e. The van der Waals surface area contributed by atoms with Crippen LogP contribution in [0.25, 0.3) is 10.9 Å². The maximum Gasteiger partial charge on any atom is 0.341 e. The van der Waals surface area contributed by atoms with Gasteiger partial charge in [0.05, 0.1) is 23.6 Å². The maximum atomic E-state index is 15.0. The SMILES string of the molecule is CN1CCN(c2c(F)cc3c(=O)c(C(=O)O)cn4c3c2OC[C@@H]4CO)CC1. The Kier molecular flexibility index (Phi) is 4.27. The Labute approximate surface area is 154 Å². The van der Waals surface area contributed by atoms with Crippen molar-refractivity contribution < 1.29 is 24.1 Å². The maximum absolute atomic E-state index is 15.0. The number of aliphatic hydroxyl groups is 1. The quantitative estimate of drug-likeness (QED) is 0.805. The third kappa shape index (κ3) is 2.74. The highest BCUT2D eigenvalue weighted by Gasteiger charge is 2.31. The van der Waals surface area contributed by atoms with Crippen LogP contribution in [0.5, 0.6) is 5.75 Å². The van der Waals surface area contributed by atoms with Crippen molar-refractivity contribution in [2.24, 2.45) is 0 Å². The van der Waals surface area contributed by atoms with E-state index in [1.807, 2.05) is 11.9 Å². The van der Waals surface area contributed by atoms with E-state index in [4.69, 9.17) is 4.74 Å². The van der Waals surface area contributed by atoms with E-state index in [9.17, 15) is 19.8 Å². The van der Waals surface area contributed by atoms with E-state index >= 15 is 4.39 Å². The fourth-order valence-electron chi connectivity index (χ4n) is 3.75. The zero-order valence-electron chi connectivity index (χ0n) is 14.8. The largest absolute Gasteiger partial charge is 0.487 e. The van der Waals surface area contributed by atoms with Crippen molar-refractivity contribution in [2.45, 2.75) is 6.04 Å². The lowest BCUT2D eigenvalue weighted by Crippen LogP contribution is -2.45. The van der Waals surface area contributed by atoms with Gasteiger partial charge >= 0.3 is 5.97 Å². The van der Waals surface area contributed by atoms with Gasteiger partial charge in [0.25, 0.3) is 0 Å². The minimum Gasteiger partial charge on any atom is -0.487 e. The summed E-state index contributed by atoms with van der Waals surface area (Å²) in [6.45, 7) is 2.51. The van der Waals surface area contributed by atoms with Crippen molar-refractivity contribution in [1.82, 2.24) is 9.47 Å². The van der Waals surface area contributed by atoms with Gasteiger partial charge in [0.2, 0.25) is 5.43 Å². The van der Waals surface area contributed by atoms with Crippen LogP contribution in [-0.4, -0.2) is 72.1 Å². The predicted octanol–water partition coefficient (Wildman–Crippen LogP) is 0.516. The van der Waals surface area contributed by atoms with Crippen LogP contribution in [-0.2, 0) is 0 Å². The van der Waals surface area contributed by atoms with Crippen LogP contribution in [0.2, 0.25) is 0 Å². The summed E-state index contributed by atoms with van der Waals surface area (Å²) in [6, 6.07) is 0.533. The van der Waals surface area contributed by atoms with E-state index in [1.54, 1.807) is 0 Å². The number of carbonyl (C=O) groups is 1. The van der Waals surface area contributed by atoms with Crippen molar-refractivity contribution in [3.05, 3.63) is 33.9 Å². The molecule has 0 saturated carbocycles. The minimum absolute atomic E-state index is 0.0570. The Morgan fingerprint density at radius 2 is 2.04 bits per heavy atom. The lowest BCUT2D eigenvalue weighted by atomic mass is 10.0. The molecule has 2 aromatic rings. The van der Waals surface area contributed by atoms with Gasteiger partial charge in [-0.15, -0.1) is 0 Å². The second-order valence-electron chi connectivity index (χ2n) is 6.95. The first-order chi connectivity index (χ1) is 12.9. The Morgan fingerprint density at radius 1 is 1.33 bits per heavy atom. The monoisotopic (exact) mass is 377 g/mol. The first-order valence-corrected chi connectivity index (χ1v) is 8.74. The van der Waals surface area contributed by atoms with E-state index in [1.165, 1.54) is 10.8 Å². The third-order valence-electron chi connectivity index (χ3n) is 5.27. The Hall–Kier alpha value is -2.65. The second-order valence-corrected chi connectivity index (χ2v) is 6.95. The van der Waals surface area contributed by atoms with Gasteiger partial charge < -0.3 is 29.3 Å². The molecule has 0 radical (unpaired) electrons. The molecule has 2 aliphatic heterocycles. The molecule has 1 fully saturated rings. The van der Waals surface area contributed by atoms with Crippen LogP contribution in [0.4, 0.5) is 10.1 Å². The van der Waals surface area contributed by atoms with Gasteiger partial charge in [-0.3, -0.25) is 4.79 Å². The number of pyridine rings is 1. The Balaban J connectivity index is 2.01. The van der Waals surface area contributed by atoms with Crippen LogP contribution in [0.1, 0.15) is 16.4 Å². The zero-order chi connectivity index (χ0) is 19.3. The molecule has 2 N–H and O–H groups in total. The van der Waals surface area contributed by atoms with E-state index in [-0.39, 0.29) is 30.0 Å². The average molecular weight is 377 g/mol. The number of aliphatic hydroxyl groups excluding tert-OH is 1. The average Bonchev–Trinajstić information content (AvgIpc) is 2.65. The summed E-state index contributed by atoms with van der Waals surface area (Å²) in [5, 5.41) is 18.9. The number of ether oxygens (including phenoxy) is 1. The molecule has 0 aliphatic carbocycles. The zero-order valence-corrected chi connectivity index (χ0v) is 14.8. The first kappa shape index (κ1) is 17.7. The number of nitrogens with zero attached hydrogens (tertiary/aromatic N) is 3. The van der Waals surface area contributed by atoms with Crippen LogP contribution >= 0.6 is 0 Å². The fraction of sp³-hybridized carbons (Fsp3) is 0.444. The number of benzene rings is 1. The first-order valence-electron chi connectivity index (χ1n) is 8.74. The summed E-state index contributed by atoms with van der Waals surface area (Å²) >= 11 is 0. The molecule has 0 spiro atoms. The molecule has 1 aromatic carbocycles. The van der Waals surface area contributed by atoms with Crippen molar-refractivity contribution in [3.8, 4) is 5.75 Å². The van der Waals surface area contributed by atoms with E-state index < -0.39 is 28.8 Å². The number of halogens is 1. The molecular formula is C18H20FN3O5. The number of anilines is 1. The fourth-order valence-corrected chi connectivity index (χ4v) is 3.75. The Morgan fingerprint density at radius 3 is 2.67 bits per heavy atom. The van der Waals surface area contributed by atoms with E-state index in [2.05, 4.69) is 4.90 Å². The molecule has 2 aliphatic rings. The predicted molar refractivity (Wildman–Crippen MR) is 96.5 cm³/mol. The number of rotatable bonds is 3. The number of carboxylic acid groups (broad SMARTS) is 1. The molecule has 4 rings (SSSR count). The summed E-state index contributed by atoms with van der Waals surface area (Å²) in [4.78, 5) is 28.1. The molecule has 9 heteroatoms. The number of aromatic carboxylic acids is 1. The molecule has 1 saturated heterocycles. The Bertz CT molecular complexity index is 981. The van der Waals surface area contributed by atoms with Crippen LogP contribution in [0, 0.1) is 5.82 Å². The molecular weight excluding hydrogens is 357 g/mol. The topological polar surface area (TPSA) is 95.2 Å². The van der Waals surface area contributed by atoms with Gasteiger partial charge in [0.15, 0.2) is 11.6 Å². The summed E-state index contributed by atoms with van der Waals surface area (Å²) in [7, 11) is 1.99. The summed E-state index contributed by atoms with van der Waals surface area (Å²) < 4.78 is 22.3. The lowest BCUT2D eigenvalue weighted by Gasteiger charge is -2.37. The van der Waals surface area contributed by atoms with Gasteiger partial charge in [0.1, 0.15) is 17.9 Å². The highest BCUT2D eigenvalue weighted by atomic mass is 19.1. The van der Waals surface area contributed by atoms with Gasteiger partial charge in [-0.1, -0.05) is 0 Å². The van der Waals surface area contributed by atoms with Crippen molar-refractivity contribution >= 4 is 22.6 Å². The van der Waals surface area contributed by atoms with E-state index in [0.717, 1.165) is 19.2 Å². The van der Waals surface area contributed by atoms with Crippen molar-refractivity contribution in [3.63, 3.8) is 0 Å². The lowest BCUT2D eigenvalue weighted by molar-refractivity contribution is 0.0693. The molecule has 144 valence electrons. The van der Waals surface area contributed by atoms with Crippen LogP contribution in [0.15, 0.2) is 17.1 Å². The molecule has 1 atom stereocenters. The summed E-state index contributed by atoms with van der Waals surface area (Å²) in [6.07, 6.45) is 1.21. The standard InChI is InChI=1S/C18H20FN3O5/c1-20-2-4-21(5-3-20)15-13(19)6-11-14-17(15)27-9-10(8-23)22(14)7-12(16(11)24)18(25)26/h6-7,10,23H,2-5,8-9H2,1H3,(H,25,26)/t10-/m0/s1. The number of piperazine rings is 1. The number of carboxylic acids is 1.